The van der Waals surface area contributed by atoms with E-state index in [0.717, 1.165) is 24.6 Å². The zero-order valence-electron chi connectivity index (χ0n) is 12.9. The van der Waals surface area contributed by atoms with E-state index >= 15 is 0 Å². The number of benzene rings is 1. The van der Waals surface area contributed by atoms with Gasteiger partial charge in [-0.05, 0) is 49.9 Å². The fourth-order valence-corrected chi connectivity index (χ4v) is 3.46. The molecule has 2 aromatic rings. The van der Waals surface area contributed by atoms with E-state index in [1.807, 2.05) is 12.1 Å². The van der Waals surface area contributed by atoms with Crippen molar-refractivity contribution < 1.29 is 4.74 Å². The summed E-state index contributed by atoms with van der Waals surface area (Å²) in [5.41, 5.74) is 0.766. The van der Waals surface area contributed by atoms with E-state index < -0.39 is 0 Å². The van der Waals surface area contributed by atoms with Gasteiger partial charge in [0, 0.05) is 19.1 Å². The van der Waals surface area contributed by atoms with Gasteiger partial charge in [-0.15, -0.1) is 0 Å². The Morgan fingerprint density at radius 3 is 2.95 bits per heavy atom. The molecule has 1 saturated heterocycles. The molecule has 0 spiro atoms. The molecule has 1 atom stereocenters. The Hall–Kier alpha value is -1.88. The van der Waals surface area contributed by atoms with Gasteiger partial charge in [0.1, 0.15) is 5.75 Å². The molecule has 22 heavy (non-hydrogen) atoms. The Balaban J connectivity index is 1.59. The molecular formula is C17H21N3O2. The van der Waals surface area contributed by atoms with E-state index in [-0.39, 0.29) is 5.56 Å². The number of nitrogens with zero attached hydrogens (tertiary/aromatic N) is 3. The SMILES string of the molecule is COc1ccc2ncn(C[C@@H]3CCN(C4CC4)C3)c(=O)c2c1. The van der Waals surface area contributed by atoms with Crippen molar-refractivity contribution >= 4 is 10.9 Å². The molecular weight excluding hydrogens is 278 g/mol. The predicted molar refractivity (Wildman–Crippen MR) is 85.3 cm³/mol. The van der Waals surface area contributed by atoms with Crippen LogP contribution in [0.15, 0.2) is 29.3 Å². The molecule has 0 radical (unpaired) electrons. The van der Waals surface area contributed by atoms with Gasteiger partial charge in [-0.1, -0.05) is 0 Å². The highest BCUT2D eigenvalue weighted by Crippen LogP contribution is 2.32. The molecule has 5 heteroatoms. The average Bonchev–Trinajstić information content (AvgIpc) is 3.30. The summed E-state index contributed by atoms with van der Waals surface area (Å²) in [6.07, 6.45) is 5.57. The summed E-state index contributed by atoms with van der Waals surface area (Å²) in [6, 6.07) is 6.28. The van der Waals surface area contributed by atoms with Crippen LogP contribution in [0.25, 0.3) is 10.9 Å². The second-order valence-electron chi connectivity index (χ2n) is 6.47. The second kappa shape index (κ2) is 5.39. The molecule has 0 amide bonds. The lowest BCUT2D eigenvalue weighted by molar-refractivity contribution is 0.306. The maximum atomic E-state index is 12.7. The summed E-state index contributed by atoms with van der Waals surface area (Å²) in [5, 5.41) is 0.638. The lowest BCUT2D eigenvalue weighted by Gasteiger charge is -2.15. The summed E-state index contributed by atoms with van der Waals surface area (Å²) in [4.78, 5) is 19.7. The summed E-state index contributed by atoms with van der Waals surface area (Å²) in [6.45, 7) is 3.06. The zero-order chi connectivity index (χ0) is 15.1. The quantitative estimate of drug-likeness (QED) is 0.865. The molecule has 0 bridgehead atoms. The summed E-state index contributed by atoms with van der Waals surface area (Å²) in [5.74, 6) is 1.26. The van der Waals surface area contributed by atoms with E-state index in [9.17, 15) is 4.79 Å². The van der Waals surface area contributed by atoms with Crippen LogP contribution in [0, 0.1) is 5.92 Å². The third-order valence-corrected chi connectivity index (χ3v) is 4.87. The van der Waals surface area contributed by atoms with Crippen molar-refractivity contribution in [3.8, 4) is 5.75 Å². The number of aromatic nitrogens is 2. The zero-order valence-corrected chi connectivity index (χ0v) is 12.9. The first-order chi connectivity index (χ1) is 10.7. The Kier molecular flexibility index (Phi) is 3.37. The third-order valence-electron chi connectivity index (χ3n) is 4.87. The molecule has 2 fully saturated rings. The molecule has 4 rings (SSSR count). The molecule has 1 saturated carbocycles. The maximum absolute atomic E-state index is 12.7. The number of likely N-dealkylation sites (tertiary alicyclic amines) is 1. The molecule has 0 unspecified atom stereocenters. The summed E-state index contributed by atoms with van der Waals surface area (Å²) in [7, 11) is 1.61. The predicted octanol–water partition coefficient (Wildman–Crippen LogP) is 1.89. The minimum absolute atomic E-state index is 0.0359. The van der Waals surface area contributed by atoms with Gasteiger partial charge in [0.25, 0.3) is 5.56 Å². The van der Waals surface area contributed by atoms with Gasteiger partial charge < -0.3 is 9.64 Å². The molecule has 1 aliphatic carbocycles. The van der Waals surface area contributed by atoms with E-state index in [4.69, 9.17) is 4.74 Å². The monoisotopic (exact) mass is 299 g/mol. The van der Waals surface area contributed by atoms with Crippen LogP contribution < -0.4 is 10.3 Å². The van der Waals surface area contributed by atoms with Gasteiger partial charge in [-0.25, -0.2) is 4.98 Å². The normalized spacial score (nSPS) is 22.3. The average molecular weight is 299 g/mol. The molecule has 1 aromatic carbocycles. The first kappa shape index (κ1) is 13.8. The minimum atomic E-state index is 0.0359. The van der Waals surface area contributed by atoms with Gasteiger partial charge in [0.15, 0.2) is 0 Å². The summed E-state index contributed by atoms with van der Waals surface area (Å²) >= 11 is 0. The van der Waals surface area contributed by atoms with Crippen molar-refractivity contribution in [2.45, 2.75) is 31.8 Å². The molecule has 2 heterocycles. The van der Waals surface area contributed by atoms with Crippen molar-refractivity contribution in [2.75, 3.05) is 20.2 Å². The van der Waals surface area contributed by atoms with Crippen molar-refractivity contribution in [1.82, 2.24) is 14.5 Å². The Morgan fingerprint density at radius 1 is 1.32 bits per heavy atom. The Labute approximate surface area is 129 Å². The van der Waals surface area contributed by atoms with Gasteiger partial charge in [-0.2, -0.15) is 0 Å². The van der Waals surface area contributed by atoms with E-state index in [0.29, 0.717) is 17.1 Å². The summed E-state index contributed by atoms with van der Waals surface area (Å²) < 4.78 is 6.98. The highest BCUT2D eigenvalue weighted by atomic mass is 16.5. The van der Waals surface area contributed by atoms with Crippen LogP contribution in [0.5, 0.6) is 5.75 Å². The number of fused-ring (bicyclic) bond motifs is 1. The Morgan fingerprint density at radius 2 is 2.18 bits per heavy atom. The van der Waals surface area contributed by atoms with Crippen LogP contribution in [0.4, 0.5) is 0 Å². The van der Waals surface area contributed by atoms with Crippen molar-refractivity contribution in [1.29, 1.82) is 0 Å². The number of methoxy groups -OCH3 is 1. The smallest absolute Gasteiger partial charge is 0.261 e. The molecule has 116 valence electrons. The molecule has 1 aliphatic heterocycles. The molecule has 2 aliphatic rings. The van der Waals surface area contributed by atoms with Crippen LogP contribution in [0.1, 0.15) is 19.3 Å². The maximum Gasteiger partial charge on any atom is 0.261 e. The third kappa shape index (κ3) is 2.50. The number of hydrogen-bond donors (Lipinski definition) is 0. The van der Waals surface area contributed by atoms with Crippen LogP contribution in [0.3, 0.4) is 0 Å². The molecule has 0 N–H and O–H groups in total. The van der Waals surface area contributed by atoms with Crippen LogP contribution in [-0.2, 0) is 6.54 Å². The van der Waals surface area contributed by atoms with Gasteiger partial charge >= 0.3 is 0 Å². The Bertz CT molecular complexity index is 751. The number of ether oxygens (including phenoxy) is 1. The minimum Gasteiger partial charge on any atom is -0.497 e. The van der Waals surface area contributed by atoms with Crippen LogP contribution in [-0.4, -0.2) is 40.7 Å². The van der Waals surface area contributed by atoms with Crippen LogP contribution >= 0.6 is 0 Å². The lowest BCUT2D eigenvalue weighted by atomic mass is 10.1. The van der Waals surface area contributed by atoms with E-state index in [2.05, 4.69) is 9.88 Å². The fraction of sp³-hybridized carbons (Fsp3) is 0.529. The van der Waals surface area contributed by atoms with Crippen molar-refractivity contribution in [2.24, 2.45) is 5.92 Å². The standard InChI is InChI=1S/C17H21N3O2/c1-22-14-4-5-16-15(8-14)17(21)20(11-18-16)10-12-6-7-19(9-12)13-2-3-13/h4-5,8,11-13H,2-3,6-7,9-10H2,1H3/t12-/m1/s1. The van der Waals surface area contributed by atoms with E-state index in [1.54, 1.807) is 24.1 Å². The highest BCUT2D eigenvalue weighted by Gasteiger charge is 2.34. The topological polar surface area (TPSA) is 47.4 Å². The second-order valence-corrected chi connectivity index (χ2v) is 6.47. The molecule has 1 aromatic heterocycles. The highest BCUT2D eigenvalue weighted by molar-refractivity contribution is 5.78. The number of rotatable bonds is 4. The van der Waals surface area contributed by atoms with Crippen molar-refractivity contribution in [3.05, 3.63) is 34.9 Å². The van der Waals surface area contributed by atoms with Crippen molar-refractivity contribution in [3.63, 3.8) is 0 Å². The van der Waals surface area contributed by atoms with Gasteiger partial charge in [0.2, 0.25) is 0 Å². The van der Waals surface area contributed by atoms with Crippen LogP contribution in [0.2, 0.25) is 0 Å². The first-order valence-corrected chi connectivity index (χ1v) is 8.02. The van der Waals surface area contributed by atoms with E-state index in [1.165, 1.54) is 25.8 Å². The number of hydrogen-bond acceptors (Lipinski definition) is 4. The first-order valence-electron chi connectivity index (χ1n) is 8.02. The molecule has 5 nitrogen and oxygen atoms in total. The van der Waals surface area contributed by atoms with Gasteiger partial charge in [0.05, 0.1) is 24.3 Å². The fourth-order valence-electron chi connectivity index (χ4n) is 3.46. The lowest BCUT2D eigenvalue weighted by Crippen LogP contribution is -2.27. The van der Waals surface area contributed by atoms with Gasteiger partial charge in [-0.3, -0.25) is 9.36 Å². The largest absolute Gasteiger partial charge is 0.497 e.